The van der Waals surface area contributed by atoms with Crippen molar-refractivity contribution in [2.75, 3.05) is 19.3 Å². The van der Waals surface area contributed by atoms with Gasteiger partial charge in [-0.05, 0) is 0 Å². The van der Waals surface area contributed by atoms with Crippen molar-refractivity contribution in [2.24, 2.45) is 0 Å². The molecule has 0 aliphatic rings. The van der Waals surface area contributed by atoms with Crippen LogP contribution >= 0.6 is 24.6 Å². The van der Waals surface area contributed by atoms with Crippen molar-refractivity contribution in [1.29, 1.82) is 0 Å². The molecular formula is C8H14N4OS2. The maximum atomic E-state index is 11.0. The molecule has 0 atom stereocenters. The van der Waals surface area contributed by atoms with Crippen LogP contribution < -0.4 is 5.32 Å². The minimum absolute atomic E-state index is 0.183. The van der Waals surface area contributed by atoms with E-state index in [1.54, 1.807) is 31.2 Å². The first-order chi connectivity index (χ1) is 7.20. The lowest BCUT2D eigenvalue weighted by Gasteiger charge is -2.09. The molecule has 0 fully saturated rings. The van der Waals surface area contributed by atoms with Crippen LogP contribution in [0.1, 0.15) is 5.82 Å². The highest BCUT2D eigenvalue weighted by Crippen LogP contribution is 2.06. The first-order valence-electron chi connectivity index (χ1n) is 4.46. The van der Waals surface area contributed by atoms with E-state index in [1.807, 2.05) is 0 Å². The zero-order chi connectivity index (χ0) is 11.1. The van der Waals surface area contributed by atoms with Gasteiger partial charge in [0.1, 0.15) is 5.82 Å². The summed E-state index contributed by atoms with van der Waals surface area (Å²) >= 11 is 5.58. The van der Waals surface area contributed by atoms with Crippen molar-refractivity contribution in [3.05, 3.63) is 18.2 Å². The van der Waals surface area contributed by atoms with Crippen molar-refractivity contribution in [3.8, 4) is 0 Å². The Morgan fingerprint density at radius 3 is 3.20 bits per heavy atom. The van der Waals surface area contributed by atoms with Crippen LogP contribution in [0.4, 0.5) is 4.79 Å². The Balaban J connectivity index is 2.00. The summed E-state index contributed by atoms with van der Waals surface area (Å²) in [5.41, 5.74) is 0. The number of imidazole rings is 1. The summed E-state index contributed by atoms with van der Waals surface area (Å²) in [6.07, 6.45) is 3.53. The van der Waals surface area contributed by atoms with Crippen LogP contribution in [-0.2, 0) is 5.75 Å². The highest BCUT2D eigenvalue weighted by molar-refractivity contribution is 7.98. The maximum absolute atomic E-state index is 11.0. The number of carbonyl (C=O) groups excluding carboxylic acids is 1. The standard InChI is InChI=1S/C8H14N4OS2/c1-12(14)8(13)11-4-5-15-6-7-9-2-3-10-7/h2-3,14H,4-6H2,1H3,(H,9,10)(H,11,13). The number of nitrogens with zero attached hydrogens (tertiary/aromatic N) is 2. The van der Waals surface area contributed by atoms with Crippen LogP contribution in [0, 0.1) is 0 Å². The normalized spacial score (nSPS) is 10.0. The summed E-state index contributed by atoms with van der Waals surface area (Å²) in [6.45, 7) is 0.634. The van der Waals surface area contributed by atoms with Gasteiger partial charge in [-0.3, -0.25) is 4.31 Å². The smallest absolute Gasteiger partial charge is 0.326 e. The zero-order valence-corrected chi connectivity index (χ0v) is 10.1. The summed E-state index contributed by atoms with van der Waals surface area (Å²) in [5.74, 6) is 2.64. The van der Waals surface area contributed by atoms with E-state index in [2.05, 4.69) is 28.1 Å². The number of rotatable bonds is 5. The van der Waals surface area contributed by atoms with Gasteiger partial charge in [-0.2, -0.15) is 11.8 Å². The fraction of sp³-hybridized carbons (Fsp3) is 0.500. The molecule has 0 aliphatic carbocycles. The predicted octanol–water partition coefficient (Wildman–Crippen LogP) is 1.13. The number of urea groups is 1. The van der Waals surface area contributed by atoms with Crippen LogP contribution in [0.15, 0.2) is 12.4 Å². The van der Waals surface area contributed by atoms with E-state index in [1.165, 1.54) is 4.31 Å². The summed E-state index contributed by atoms with van der Waals surface area (Å²) in [4.78, 5) is 18.2. The summed E-state index contributed by atoms with van der Waals surface area (Å²) in [7, 11) is 1.59. The Morgan fingerprint density at radius 1 is 1.80 bits per heavy atom. The molecule has 1 aromatic rings. The highest BCUT2D eigenvalue weighted by atomic mass is 32.2. The third kappa shape index (κ3) is 4.98. The lowest BCUT2D eigenvalue weighted by molar-refractivity contribution is 0.231. The zero-order valence-electron chi connectivity index (χ0n) is 8.43. The molecule has 0 saturated heterocycles. The van der Waals surface area contributed by atoms with Gasteiger partial charge in [-0.15, -0.1) is 0 Å². The van der Waals surface area contributed by atoms with Gasteiger partial charge < -0.3 is 10.3 Å². The second kappa shape index (κ2) is 6.62. The topological polar surface area (TPSA) is 61.0 Å². The van der Waals surface area contributed by atoms with E-state index in [0.29, 0.717) is 6.54 Å². The first-order valence-corrected chi connectivity index (χ1v) is 6.02. The molecule has 84 valence electrons. The summed E-state index contributed by atoms with van der Waals surface area (Å²) in [6, 6.07) is -0.183. The highest BCUT2D eigenvalue weighted by Gasteiger charge is 2.02. The largest absolute Gasteiger partial charge is 0.348 e. The van der Waals surface area contributed by atoms with E-state index in [0.717, 1.165) is 17.3 Å². The number of hydrogen-bond acceptors (Lipinski definition) is 4. The average molecular weight is 246 g/mol. The fourth-order valence-electron chi connectivity index (χ4n) is 0.890. The summed E-state index contributed by atoms with van der Waals surface area (Å²) in [5, 5.41) is 2.72. The molecule has 1 heterocycles. The van der Waals surface area contributed by atoms with Gasteiger partial charge in [0, 0.05) is 31.7 Å². The average Bonchev–Trinajstić information content (AvgIpc) is 2.69. The minimum atomic E-state index is -0.183. The molecule has 1 rings (SSSR count). The number of hydrogen-bond donors (Lipinski definition) is 3. The molecule has 5 nitrogen and oxygen atoms in total. The van der Waals surface area contributed by atoms with Gasteiger partial charge in [-0.1, -0.05) is 12.8 Å². The Kier molecular flexibility index (Phi) is 5.41. The van der Waals surface area contributed by atoms with Gasteiger partial charge in [0.05, 0.1) is 5.75 Å². The number of H-pyrrole nitrogens is 1. The van der Waals surface area contributed by atoms with Gasteiger partial charge in [-0.25, -0.2) is 9.78 Å². The number of nitrogens with one attached hydrogen (secondary N) is 2. The van der Waals surface area contributed by atoms with Crippen LogP contribution in [0.3, 0.4) is 0 Å². The van der Waals surface area contributed by atoms with Crippen LogP contribution in [0.2, 0.25) is 0 Å². The molecule has 15 heavy (non-hydrogen) atoms. The maximum Gasteiger partial charge on any atom is 0.326 e. The third-order valence-corrected chi connectivity index (χ3v) is 2.76. The van der Waals surface area contributed by atoms with Crippen molar-refractivity contribution in [2.45, 2.75) is 5.75 Å². The molecule has 0 radical (unpaired) electrons. The quantitative estimate of drug-likeness (QED) is 0.539. The van der Waals surface area contributed by atoms with Crippen LogP contribution in [0.5, 0.6) is 0 Å². The third-order valence-electron chi connectivity index (χ3n) is 1.61. The van der Waals surface area contributed by atoms with Gasteiger partial charge in [0.15, 0.2) is 0 Å². The Morgan fingerprint density at radius 2 is 2.60 bits per heavy atom. The van der Waals surface area contributed by atoms with Crippen molar-refractivity contribution >= 4 is 30.6 Å². The lowest BCUT2D eigenvalue weighted by Crippen LogP contribution is -2.32. The Labute approximate surface area is 98.6 Å². The number of carbonyl (C=O) groups is 1. The number of aromatic amines is 1. The van der Waals surface area contributed by atoms with Crippen molar-refractivity contribution in [3.63, 3.8) is 0 Å². The number of thiol groups is 1. The van der Waals surface area contributed by atoms with Gasteiger partial charge in [0.25, 0.3) is 0 Å². The van der Waals surface area contributed by atoms with Gasteiger partial charge in [0.2, 0.25) is 0 Å². The second-order valence-electron chi connectivity index (χ2n) is 2.84. The molecule has 0 aromatic carbocycles. The first kappa shape index (κ1) is 12.3. The minimum Gasteiger partial charge on any atom is -0.348 e. The lowest BCUT2D eigenvalue weighted by atomic mass is 10.7. The molecule has 0 bridgehead atoms. The Hall–Kier alpha value is -0.820. The number of amides is 2. The van der Waals surface area contributed by atoms with Crippen LogP contribution in [-0.4, -0.2) is 39.6 Å². The summed E-state index contributed by atoms with van der Waals surface area (Å²) < 4.78 is 1.22. The molecule has 7 heteroatoms. The van der Waals surface area contributed by atoms with Crippen molar-refractivity contribution < 1.29 is 4.79 Å². The number of thioether (sulfide) groups is 1. The van der Waals surface area contributed by atoms with E-state index in [9.17, 15) is 4.79 Å². The molecule has 0 saturated carbocycles. The molecule has 0 spiro atoms. The second-order valence-corrected chi connectivity index (χ2v) is 4.55. The molecule has 2 N–H and O–H groups in total. The predicted molar refractivity (Wildman–Crippen MR) is 64.9 cm³/mol. The number of aromatic nitrogens is 2. The fourth-order valence-corrected chi connectivity index (χ4v) is 1.70. The SMILES string of the molecule is CN(S)C(=O)NCCSCc1ncc[nH]1. The molecule has 0 unspecified atom stereocenters. The molecule has 2 amide bonds. The monoisotopic (exact) mass is 246 g/mol. The van der Waals surface area contributed by atoms with E-state index in [4.69, 9.17) is 0 Å². The van der Waals surface area contributed by atoms with Gasteiger partial charge >= 0.3 is 6.03 Å². The Bertz CT molecular complexity index is 289. The molecule has 1 aromatic heterocycles. The molecular weight excluding hydrogens is 232 g/mol. The van der Waals surface area contributed by atoms with Crippen LogP contribution in [0.25, 0.3) is 0 Å². The van der Waals surface area contributed by atoms with Crippen molar-refractivity contribution in [1.82, 2.24) is 19.6 Å². The van der Waals surface area contributed by atoms with E-state index in [-0.39, 0.29) is 6.03 Å². The van der Waals surface area contributed by atoms with E-state index >= 15 is 0 Å². The van der Waals surface area contributed by atoms with E-state index < -0.39 is 0 Å². The molecule has 0 aliphatic heterocycles.